The molecule has 1 N–H and O–H groups in total. The van der Waals surface area contributed by atoms with Crippen LogP contribution in [0.5, 0.6) is 0 Å². The van der Waals surface area contributed by atoms with Crippen LogP contribution in [0.25, 0.3) is 0 Å². The fraction of sp³-hybridized carbons (Fsp3) is 0.273. The molecule has 0 unspecified atom stereocenters. The van der Waals surface area contributed by atoms with Gasteiger partial charge in [-0.3, -0.25) is 4.79 Å². The maximum Gasteiger partial charge on any atom is 0.325 e. The van der Waals surface area contributed by atoms with Crippen molar-refractivity contribution in [3.05, 3.63) is 29.3 Å². The van der Waals surface area contributed by atoms with E-state index >= 15 is 0 Å². The lowest BCUT2D eigenvalue weighted by molar-refractivity contribution is -0.141. The lowest BCUT2D eigenvalue weighted by Gasteiger charge is -2.28. The number of fused-ring (bicyclic) bond motifs is 1. The highest BCUT2D eigenvalue weighted by molar-refractivity contribution is 5.94. The SMILES string of the molecule is COC(=O)CN1Cc2c(ccc(F)c2F)NC1=O. The first kappa shape index (κ1) is 12.3. The third kappa shape index (κ3) is 2.11. The largest absolute Gasteiger partial charge is 0.468 e. The van der Waals surface area contributed by atoms with Gasteiger partial charge in [0.2, 0.25) is 0 Å². The molecular weight excluding hydrogens is 246 g/mol. The number of urea groups is 1. The number of nitrogens with zero attached hydrogens (tertiary/aromatic N) is 1. The summed E-state index contributed by atoms with van der Waals surface area (Å²) in [6.07, 6.45) is 0. The van der Waals surface area contributed by atoms with Gasteiger partial charge in [-0.05, 0) is 12.1 Å². The van der Waals surface area contributed by atoms with Gasteiger partial charge < -0.3 is 15.0 Å². The first-order valence-electron chi connectivity index (χ1n) is 5.12. The Morgan fingerprint density at radius 1 is 1.50 bits per heavy atom. The molecule has 18 heavy (non-hydrogen) atoms. The van der Waals surface area contributed by atoms with E-state index in [4.69, 9.17) is 0 Å². The first-order valence-corrected chi connectivity index (χ1v) is 5.12. The van der Waals surface area contributed by atoms with Gasteiger partial charge in [-0.25, -0.2) is 13.6 Å². The molecule has 0 aliphatic carbocycles. The van der Waals surface area contributed by atoms with Crippen LogP contribution in [-0.2, 0) is 16.1 Å². The molecule has 0 fully saturated rings. The predicted octanol–water partition coefficient (Wildman–Crippen LogP) is 1.49. The summed E-state index contributed by atoms with van der Waals surface area (Å²) in [5.41, 5.74) is 0.221. The lowest BCUT2D eigenvalue weighted by Crippen LogP contribution is -2.42. The lowest BCUT2D eigenvalue weighted by atomic mass is 10.1. The molecule has 2 amide bonds. The third-order valence-corrected chi connectivity index (χ3v) is 2.62. The topological polar surface area (TPSA) is 58.6 Å². The summed E-state index contributed by atoms with van der Waals surface area (Å²) in [6, 6.07) is 1.66. The van der Waals surface area contributed by atoms with Gasteiger partial charge in [-0.15, -0.1) is 0 Å². The molecule has 0 atom stereocenters. The van der Waals surface area contributed by atoms with E-state index in [-0.39, 0.29) is 24.3 Å². The highest BCUT2D eigenvalue weighted by Crippen LogP contribution is 2.27. The Morgan fingerprint density at radius 3 is 2.89 bits per heavy atom. The molecule has 1 aliphatic heterocycles. The fourth-order valence-corrected chi connectivity index (χ4v) is 1.67. The second-order valence-electron chi connectivity index (χ2n) is 3.75. The Balaban J connectivity index is 2.28. The minimum absolute atomic E-state index is 0.0125. The fourth-order valence-electron chi connectivity index (χ4n) is 1.67. The number of carbonyl (C=O) groups excluding carboxylic acids is 2. The van der Waals surface area contributed by atoms with Gasteiger partial charge >= 0.3 is 12.0 Å². The van der Waals surface area contributed by atoms with Crippen LogP contribution in [0.15, 0.2) is 12.1 Å². The molecule has 0 saturated carbocycles. The Bertz CT molecular complexity index is 519. The predicted molar refractivity (Wildman–Crippen MR) is 57.8 cm³/mol. The van der Waals surface area contributed by atoms with E-state index in [2.05, 4.69) is 10.1 Å². The highest BCUT2D eigenvalue weighted by atomic mass is 19.2. The van der Waals surface area contributed by atoms with E-state index < -0.39 is 23.6 Å². The second kappa shape index (κ2) is 4.59. The van der Waals surface area contributed by atoms with E-state index in [9.17, 15) is 18.4 Å². The van der Waals surface area contributed by atoms with Crippen LogP contribution < -0.4 is 5.32 Å². The Hall–Kier alpha value is -2.18. The van der Waals surface area contributed by atoms with Gasteiger partial charge in [0.15, 0.2) is 11.6 Å². The van der Waals surface area contributed by atoms with E-state index in [1.807, 2.05) is 0 Å². The van der Waals surface area contributed by atoms with Gasteiger partial charge in [0, 0.05) is 5.56 Å². The highest BCUT2D eigenvalue weighted by Gasteiger charge is 2.27. The van der Waals surface area contributed by atoms with Crippen LogP contribution in [0.1, 0.15) is 5.56 Å². The number of esters is 1. The van der Waals surface area contributed by atoms with Gasteiger partial charge in [-0.1, -0.05) is 0 Å². The van der Waals surface area contributed by atoms with E-state index in [0.29, 0.717) is 0 Å². The van der Waals surface area contributed by atoms with Crippen LogP contribution in [0.4, 0.5) is 19.3 Å². The number of amides is 2. The number of ether oxygens (including phenoxy) is 1. The van der Waals surface area contributed by atoms with Gasteiger partial charge in [0.1, 0.15) is 6.54 Å². The molecule has 1 heterocycles. The number of carbonyl (C=O) groups is 2. The van der Waals surface area contributed by atoms with Crippen molar-refractivity contribution < 1.29 is 23.1 Å². The van der Waals surface area contributed by atoms with Gasteiger partial charge in [0.05, 0.1) is 19.3 Å². The van der Waals surface area contributed by atoms with Crippen LogP contribution in [-0.4, -0.2) is 30.6 Å². The van der Waals surface area contributed by atoms with Crippen LogP contribution in [0, 0.1) is 11.6 Å². The van der Waals surface area contributed by atoms with Gasteiger partial charge in [-0.2, -0.15) is 0 Å². The van der Waals surface area contributed by atoms with Crippen molar-refractivity contribution in [2.45, 2.75) is 6.54 Å². The molecule has 0 bridgehead atoms. The molecule has 0 radical (unpaired) electrons. The molecule has 0 saturated heterocycles. The molecule has 1 aromatic carbocycles. The Morgan fingerprint density at radius 2 is 2.22 bits per heavy atom. The molecule has 0 aromatic heterocycles. The number of methoxy groups -OCH3 is 1. The van der Waals surface area contributed by atoms with Crippen LogP contribution in [0.2, 0.25) is 0 Å². The zero-order valence-corrected chi connectivity index (χ0v) is 9.50. The zero-order valence-electron chi connectivity index (χ0n) is 9.50. The number of rotatable bonds is 2. The number of hydrogen-bond acceptors (Lipinski definition) is 3. The smallest absolute Gasteiger partial charge is 0.325 e. The van der Waals surface area contributed by atoms with Crippen LogP contribution in [0.3, 0.4) is 0 Å². The van der Waals surface area contributed by atoms with Crippen molar-refractivity contribution in [1.82, 2.24) is 4.90 Å². The van der Waals surface area contributed by atoms with E-state index in [0.717, 1.165) is 11.0 Å². The van der Waals surface area contributed by atoms with E-state index in [1.54, 1.807) is 0 Å². The summed E-state index contributed by atoms with van der Waals surface area (Å²) in [6.45, 7) is -0.502. The minimum Gasteiger partial charge on any atom is -0.468 e. The number of benzene rings is 1. The van der Waals surface area contributed by atoms with Crippen molar-refractivity contribution in [3.63, 3.8) is 0 Å². The molecule has 5 nitrogen and oxygen atoms in total. The summed E-state index contributed by atoms with van der Waals surface area (Å²) >= 11 is 0. The molecule has 0 spiro atoms. The van der Waals surface area contributed by atoms with Crippen molar-refractivity contribution >= 4 is 17.7 Å². The molecule has 1 aromatic rings. The quantitative estimate of drug-likeness (QED) is 0.815. The number of halogens is 2. The third-order valence-electron chi connectivity index (χ3n) is 2.62. The summed E-state index contributed by atoms with van der Waals surface area (Å²) in [7, 11) is 1.18. The average Bonchev–Trinajstić information content (AvgIpc) is 2.36. The average molecular weight is 256 g/mol. The molecule has 96 valence electrons. The number of anilines is 1. The van der Waals surface area contributed by atoms with Crippen molar-refractivity contribution in [2.75, 3.05) is 19.0 Å². The summed E-state index contributed by atoms with van der Waals surface area (Å²) in [5.74, 6) is -2.66. The summed E-state index contributed by atoms with van der Waals surface area (Å²) < 4.78 is 31.0. The normalized spacial score (nSPS) is 13.9. The second-order valence-corrected chi connectivity index (χ2v) is 3.75. The van der Waals surface area contributed by atoms with Crippen LogP contribution >= 0.6 is 0 Å². The molecule has 1 aliphatic rings. The van der Waals surface area contributed by atoms with E-state index in [1.165, 1.54) is 13.2 Å². The summed E-state index contributed by atoms with van der Waals surface area (Å²) in [4.78, 5) is 23.7. The zero-order chi connectivity index (χ0) is 13.3. The van der Waals surface area contributed by atoms with Crippen molar-refractivity contribution in [3.8, 4) is 0 Å². The number of hydrogen-bond donors (Lipinski definition) is 1. The Kier molecular flexibility index (Phi) is 3.14. The first-order chi connectivity index (χ1) is 8.52. The number of nitrogens with one attached hydrogen (secondary N) is 1. The van der Waals surface area contributed by atoms with Gasteiger partial charge in [0.25, 0.3) is 0 Å². The standard InChI is InChI=1S/C11H10F2N2O3/c1-18-9(16)5-15-4-6-8(14-11(15)17)3-2-7(12)10(6)13/h2-3H,4-5H2,1H3,(H,14,17). The molecule has 2 rings (SSSR count). The van der Waals surface area contributed by atoms with Crippen molar-refractivity contribution in [2.24, 2.45) is 0 Å². The minimum atomic E-state index is -1.03. The monoisotopic (exact) mass is 256 g/mol. The summed E-state index contributed by atoms with van der Waals surface area (Å²) in [5, 5.41) is 2.38. The van der Waals surface area contributed by atoms with Crippen molar-refractivity contribution in [1.29, 1.82) is 0 Å². The molecule has 7 heteroatoms. The Labute approximate surface area is 101 Å². The maximum atomic E-state index is 13.5. The molecular formula is C11H10F2N2O3. The maximum absolute atomic E-state index is 13.5.